The number of aromatic nitrogens is 1. The van der Waals surface area contributed by atoms with E-state index in [1.54, 1.807) is 54.6 Å². The summed E-state index contributed by atoms with van der Waals surface area (Å²) in [6, 6.07) is 22.8. The molecule has 3 heterocycles. The predicted molar refractivity (Wildman–Crippen MR) is 156 cm³/mol. The molecule has 0 spiro atoms. The van der Waals surface area contributed by atoms with E-state index in [9.17, 15) is 19.2 Å². The number of benzene rings is 3. The number of nitrogens with zero attached hydrogens (tertiary/aromatic N) is 2. The molecule has 2 aliphatic heterocycles. The zero-order valence-electron chi connectivity index (χ0n) is 21.1. The third kappa shape index (κ3) is 4.51. The first-order chi connectivity index (χ1) is 19.4. The first-order valence-electron chi connectivity index (χ1n) is 12.4. The summed E-state index contributed by atoms with van der Waals surface area (Å²) in [4.78, 5) is 55.5. The van der Waals surface area contributed by atoms with E-state index in [0.29, 0.717) is 37.6 Å². The summed E-state index contributed by atoms with van der Waals surface area (Å²) in [6.07, 6.45) is 0. The van der Waals surface area contributed by atoms with Gasteiger partial charge in [0.15, 0.2) is 0 Å². The van der Waals surface area contributed by atoms with Crippen LogP contribution in [0.1, 0.15) is 16.4 Å². The lowest BCUT2D eigenvalue weighted by atomic mass is 9.82. The number of amides is 3. The fourth-order valence-electron chi connectivity index (χ4n) is 5.22. The molecular formula is C29H22ClN3O5S2. The Labute approximate surface area is 242 Å². The predicted octanol–water partition coefficient (Wildman–Crippen LogP) is 5.01. The number of ether oxygens (including phenoxy) is 1. The van der Waals surface area contributed by atoms with E-state index in [0.717, 1.165) is 23.1 Å². The number of para-hydroxylation sites is 2. The molecule has 1 fully saturated rings. The summed E-state index contributed by atoms with van der Waals surface area (Å²) < 4.78 is 7.03. The highest BCUT2D eigenvalue weighted by molar-refractivity contribution is 8.00. The lowest BCUT2D eigenvalue weighted by Gasteiger charge is -2.31. The quantitative estimate of drug-likeness (QED) is 0.317. The second-order valence-corrected chi connectivity index (χ2v) is 11.9. The second kappa shape index (κ2) is 10.6. The van der Waals surface area contributed by atoms with Crippen molar-refractivity contribution in [2.45, 2.75) is 22.7 Å². The number of thiazole rings is 1. The Morgan fingerprint density at radius 2 is 1.65 bits per heavy atom. The van der Waals surface area contributed by atoms with Gasteiger partial charge in [0, 0.05) is 27.1 Å². The molecule has 11 heteroatoms. The van der Waals surface area contributed by atoms with Crippen LogP contribution in [0.4, 0.5) is 11.4 Å². The summed E-state index contributed by atoms with van der Waals surface area (Å²) in [7, 11) is 1.54. The van der Waals surface area contributed by atoms with Crippen molar-refractivity contribution in [3.63, 3.8) is 0 Å². The number of hydrogen-bond acceptors (Lipinski definition) is 7. The van der Waals surface area contributed by atoms with Gasteiger partial charge in [-0.2, -0.15) is 0 Å². The van der Waals surface area contributed by atoms with Gasteiger partial charge in [0.2, 0.25) is 17.7 Å². The van der Waals surface area contributed by atoms with Crippen molar-refractivity contribution in [3.05, 3.63) is 104 Å². The number of hydrogen-bond donors (Lipinski definition) is 1. The van der Waals surface area contributed by atoms with Gasteiger partial charge in [-0.3, -0.25) is 23.7 Å². The topological polar surface area (TPSA) is 97.7 Å². The maximum Gasteiger partial charge on any atom is 0.308 e. The second-order valence-electron chi connectivity index (χ2n) is 9.31. The molecule has 0 saturated carbocycles. The number of carbonyl (C=O) groups excluding carboxylic acids is 3. The summed E-state index contributed by atoms with van der Waals surface area (Å²) in [5.74, 6) is -1.97. The van der Waals surface area contributed by atoms with Crippen LogP contribution in [0.25, 0.3) is 0 Å². The smallest absolute Gasteiger partial charge is 0.308 e. The highest BCUT2D eigenvalue weighted by Crippen LogP contribution is 2.55. The number of methoxy groups -OCH3 is 1. The number of nitrogens with one attached hydrogen (secondary N) is 1. The molecule has 3 amide bonds. The highest BCUT2D eigenvalue weighted by atomic mass is 35.5. The van der Waals surface area contributed by atoms with E-state index < -0.39 is 17.1 Å². The zero-order valence-corrected chi connectivity index (χ0v) is 23.5. The Bertz CT molecular complexity index is 1690. The van der Waals surface area contributed by atoms with Gasteiger partial charge < -0.3 is 10.1 Å². The molecule has 3 atom stereocenters. The van der Waals surface area contributed by atoms with Crippen LogP contribution in [0.3, 0.4) is 0 Å². The molecule has 3 aromatic carbocycles. The highest BCUT2D eigenvalue weighted by Gasteiger charge is 2.57. The maximum absolute atomic E-state index is 14.0. The fraction of sp³-hybridized carbons (Fsp3) is 0.172. The number of imide groups is 1. The van der Waals surface area contributed by atoms with Crippen LogP contribution < -0.4 is 19.8 Å². The molecule has 2 aliphatic rings. The minimum atomic E-state index is -0.803. The molecule has 3 unspecified atom stereocenters. The van der Waals surface area contributed by atoms with Crippen molar-refractivity contribution in [3.8, 4) is 5.75 Å². The molecule has 8 nitrogen and oxygen atoms in total. The van der Waals surface area contributed by atoms with E-state index in [1.165, 1.54) is 16.6 Å². The molecule has 0 bridgehead atoms. The molecule has 1 aromatic heterocycles. The third-order valence-corrected chi connectivity index (χ3v) is 9.82. The van der Waals surface area contributed by atoms with Gasteiger partial charge in [-0.25, -0.2) is 4.90 Å². The zero-order chi connectivity index (χ0) is 28.0. The number of rotatable bonds is 6. The van der Waals surface area contributed by atoms with E-state index in [2.05, 4.69) is 5.32 Å². The molecule has 40 heavy (non-hydrogen) atoms. The average Bonchev–Trinajstić information content (AvgIpc) is 3.40. The summed E-state index contributed by atoms with van der Waals surface area (Å²) in [5.41, 5.74) is 1.73. The van der Waals surface area contributed by atoms with Crippen molar-refractivity contribution in [1.82, 2.24) is 4.57 Å². The van der Waals surface area contributed by atoms with Crippen LogP contribution in [0, 0.1) is 5.92 Å². The summed E-state index contributed by atoms with van der Waals surface area (Å²) in [6.45, 7) is -0.231. The fourth-order valence-corrected chi connectivity index (χ4v) is 8.11. The average molecular weight is 592 g/mol. The Morgan fingerprint density at radius 1 is 0.950 bits per heavy atom. The van der Waals surface area contributed by atoms with Gasteiger partial charge in [-0.15, -0.1) is 0 Å². The van der Waals surface area contributed by atoms with E-state index in [-0.39, 0.29) is 29.1 Å². The number of carbonyl (C=O) groups is 3. The van der Waals surface area contributed by atoms with Crippen molar-refractivity contribution < 1.29 is 19.1 Å². The normalized spacial score (nSPS) is 19.8. The number of anilines is 2. The minimum Gasteiger partial charge on any atom is -0.496 e. The lowest BCUT2D eigenvalue weighted by molar-refractivity contribution is -0.122. The van der Waals surface area contributed by atoms with Crippen LogP contribution in [0.5, 0.6) is 5.75 Å². The number of halogens is 1. The Hall–Kier alpha value is -3.86. The van der Waals surface area contributed by atoms with E-state index in [1.807, 2.05) is 24.3 Å². The molecule has 0 radical (unpaired) electrons. The first kappa shape index (κ1) is 26.4. The van der Waals surface area contributed by atoms with E-state index >= 15 is 0 Å². The molecule has 202 valence electrons. The van der Waals surface area contributed by atoms with Gasteiger partial charge in [-0.05, 0) is 42.5 Å². The largest absolute Gasteiger partial charge is 0.496 e. The summed E-state index contributed by atoms with van der Waals surface area (Å²) >= 11 is 8.20. The van der Waals surface area contributed by atoms with Gasteiger partial charge >= 0.3 is 4.87 Å². The number of thioether (sulfide) groups is 1. The van der Waals surface area contributed by atoms with E-state index in [4.69, 9.17) is 16.3 Å². The Morgan fingerprint density at radius 3 is 2.38 bits per heavy atom. The van der Waals surface area contributed by atoms with Crippen molar-refractivity contribution in [1.29, 1.82) is 0 Å². The Kier molecular flexibility index (Phi) is 6.99. The van der Waals surface area contributed by atoms with Crippen molar-refractivity contribution in [2.75, 3.05) is 17.3 Å². The number of fused-ring (bicyclic) bond motifs is 2. The van der Waals surface area contributed by atoms with Crippen LogP contribution in [-0.2, 0) is 20.9 Å². The van der Waals surface area contributed by atoms with Crippen LogP contribution in [0.15, 0.2) is 88.7 Å². The van der Waals surface area contributed by atoms with Crippen LogP contribution >= 0.6 is 34.7 Å². The SMILES string of the molecule is COc1ccccc1C1c2sc(=O)n(CC(=O)Nc3ccccc3)c2SC2C(=O)N(c3ccc(Cl)cc3)C(=O)C21. The Balaban J connectivity index is 1.44. The third-order valence-electron chi connectivity index (χ3n) is 6.97. The lowest BCUT2D eigenvalue weighted by Crippen LogP contribution is -2.33. The monoisotopic (exact) mass is 591 g/mol. The van der Waals surface area contributed by atoms with Crippen molar-refractivity contribution >= 4 is 63.8 Å². The minimum absolute atomic E-state index is 0.231. The molecule has 1 saturated heterocycles. The molecule has 1 N–H and O–H groups in total. The molecular weight excluding hydrogens is 570 g/mol. The van der Waals surface area contributed by atoms with Crippen molar-refractivity contribution in [2.24, 2.45) is 5.92 Å². The first-order valence-corrected chi connectivity index (χ1v) is 14.5. The standard InChI is InChI=1S/C29H22ClN3O5S2/c1-38-20-10-6-5-9-19(20)22-23-24(27(36)33(26(23)35)18-13-11-16(30)12-14-18)39-28-25(22)40-29(37)32(28)15-21(34)31-17-7-3-2-4-8-17/h2-14,22-24H,15H2,1H3,(H,31,34). The molecule has 0 aliphatic carbocycles. The molecule has 6 rings (SSSR count). The van der Waals surface area contributed by atoms with Gasteiger partial charge in [0.1, 0.15) is 17.5 Å². The summed E-state index contributed by atoms with van der Waals surface area (Å²) in [5, 5.41) is 3.00. The molecule has 4 aromatic rings. The van der Waals surface area contributed by atoms with Crippen LogP contribution in [-0.4, -0.2) is 34.6 Å². The maximum atomic E-state index is 14.0. The van der Waals surface area contributed by atoms with Gasteiger partial charge in [-0.1, -0.05) is 71.1 Å². The van der Waals surface area contributed by atoms with Gasteiger partial charge in [0.25, 0.3) is 0 Å². The van der Waals surface area contributed by atoms with Gasteiger partial charge in [0.05, 0.1) is 23.7 Å². The van der Waals surface area contributed by atoms with Crippen LogP contribution in [0.2, 0.25) is 5.02 Å².